The maximum Gasteiger partial charge on any atom is 0.248 e. The van der Waals surface area contributed by atoms with Crippen molar-refractivity contribution in [1.82, 2.24) is 15.5 Å². The third-order valence-corrected chi connectivity index (χ3v) is 5.03. The van der Waals surface area contributed by atoms with E-state index < -0.39 is 29.5 Å². The molecule has 0 radical (unpaired) electrons. The Morgan fingerprint density at radius 1 is 1.21 bits per heavy atom. The molecule has 1 aromatic carbocycles. The highest BCUT2D eigenvalue weighted by atomic mass is 32.1. The van der Waals surface area contributed by atoms with Crippen LogP contribution in [0.15, 0.2) is 41.8 Å². The van der Waals surface area contributed by atoms with E-state index in [1.807, 2.05) is 24.4 Å². The summed E-state index contributed by atoms with van der Waals surface area (Å²) in [7, 11) is 0. The molecule has 9 heteroatoms. The fraction of sp³-hybridized carbons (Fsp3) is 0.250. The standard InChI is InChI=1S/C20H20F2N4O2S/c1-2-4-15(23-19(27)9-12-7-13(21)10-14(22)8-12)20(28)24-18-11-16(25-26-18)17-5-3-6-29-17/h3,5-8,10-11,15H,2,4,9H2,1H3,(H,23,27)(H2,24,25,26,28). The van der Waals surface area contributed by atoms with Gasteiger partial charge in [0.15, 0.2) is 5.82 Å². The molecule has 0 aliphatic heterocycles. The second kappa shape index (κ2) is 9.42. The average molecular weight is 418 g/mol. The lowest BCUT2D eigenvalue weighted by atomic mass is 10.1. The first kappa shape index (κ1) is 20.7. The molecule has 2 amide bonds. The van der Waals surface area contributed by atoms with Crippen LogP contribution < -0.4 is 10.6 Å². The number of hydrogen-bond donors (Lipinski definition) is 3. The third kappa shape index (κ3) is 5.71. The van der Waals surface area contributed by atoms with E-state index in [2.05, 4.69) is 20.8 Å². The Bertz CT molecular complexity index is 968. The van der Waals surface area contributed by atoms with E-state index in [1.165, 1.54) is 11.3 Å². The van der Waals surface area contributed by atoms with E-state index in [0.29, 0.717) is 18.7 Å². The number of amides is 2. The lowest BCUT2D eigenvalue weighted by Crippen LogP contribution is -2.44. The number of halogens is 2. The highest BCUT2D eigenvalue weighted by Crippen LogP contribution is 2.24. The molecular formula is C20H20F2N4O2S. The molecule has 0 bridgehead atoms. The number of aromatic amines is 1. The normalized spacial score (nSPS) is 11.8. The van der Waals surface area contributed by atoms with E-state index in [4.69, 9.17) is 0 Å². The Labute approximate surface area is 170 Å². The molecule has 0 aliphatic rings. The SMILES string of the molecule is CCCC(NC(=O)Cc1cc(F)cc(F)c1)C(=O)Nc1cc(-c2cccs2)[nH]n1. The van der Waals surface area contributed by atoms with Gasteiger partial charge in [0.05, 0.1) is 17.0 Å². The molecule has 29 heavy (non-hydrogen) atoms. The quantitative estimate of drug-likeness (QED) is 0.519. The van der Waals surface area contributed by atoms with Crippen molar-refractivity contribution in [2.45, 2.75) is 32.2 Å². The summed E-state index contributed by atoms with van der Waals surface area (Å²) in [6, 6.07) is 7.69. The van der Waals surface area contributed by atoms with Crippen LogP contribution in [0.2, 0.25) is 0 Å². The summed E-state index contributed by atoms with van der Waals surface area (Å²) in [5, 5.41) is 14.2. The molecular weight excluding hydrogens is 398 g/mol. The molecule has 0 spiro atoms. The molecule has 2 heterocycles. The van der Waals surface area contributed by atoms with Crippen LogP contribution in [0.4, 0.5) is 14.6 Å². The zero-order valence-electron chi connectivity index (χ0n) is 15.7. The number of aromatic nitrogens is 2. The average Bonchev–Trinajstić information content (AvgIpc) is 3.31. The van der Waals surface area contributed by atoms with Crippen molar-refractivity contribution in [2.24, 2.45) is 0 Å². The van der Waals surface area contributed by atoms with Gasteiger partial charge < -0.3 is 10.6 Å². The van der Waals surface area contributed by atoms with E-state index >= 15 is 0 Å². The highest BCUT2D eigenvalue weighted by molar-refractivity contribution is 7.13. The lowest BCUT2D eigenvalue weighted by Gasteiger charge is -2.17. The van der Waals surface area contributed by atoms with Gasteiger partial charge in [0.1, 0.15) is 17.7 Å². The van der Waals surface area contributed by atoms with Gasteiger partial charge in [-0.05, 0) is 35.6 Å². The first-order chi connectivity index (χ1) is 13.9. The van der Waals surface area contributed by atoms with Gasteiger partial charge in [-0.3, -0.25) is 14.7 Å². The van der Waals surface area contributed by atoms with Gasteiger partial charge in [0.25, 0.3) is 0 Å². The number of rotatable bonds is 8. The summed E-state index contributed by atoms with van der Waals surface area (Å²) in [4.78, 5) is 25.9. The summed E-state index contributed by atoms with van der Waals surface area (Å²) in [5.41, 5.74) is 0.975. The molecule has 3 N–H and O–H groups in total. The Hall–Kier alpha value is -3.07. The number of thiophene rings is 1. The zero-order chi connectivity index (χ0) is 20.8. The lowest BCUT2D eigenvalue weighted by molar-refractivity contribution is -0.126. The summed E-state index contributed by atoms with van der Waals surface area (Å²) >= 11 is 1.54. The number of hydrogen-bond acceptors (Lipinski definition) is 4. The molecule has 0 fully saturated rings. The third-order valence-electron chi connectivity index (χ3n) is 4.13. The number of benzene rings is 1. The topological polar surface area (TPSA) is 86.9 Å². The van der Waals surface area contributed by atoms with Crippen LogP contribution >= 0.6 is 11.3 Å². The fourth-order valence-electron chi connectivity index (χ4n) is 2.86. The molecule has 1 unspecified atom stereocenters. The maximum atomic E-state index is 13.3. The molecule has 1 atom stereocenters. The molecule has 152 valence electrons. The van der Waals surface area contributed by atoms with Crippen LogP contribution in [-0.2, 0) is 16.0 Å². The molecule has 2 aromatic heterocycles. The van der Waals surface area contributed by atoms with Crippen LogP contribution in [0.1, 0.15) is 25.3 Å². The monoisotopic (exact) mass is 418 g/mol. The number of nitrogens with one attached hydrogen (secondary N) is 3. The predicted octanol–water partition coefficient (Wildman–Crippen LogP) is 3.88. The first-order valence-electron chi connectivity index (χ1n) is 9.09. The van der Waals surface area contributed by atoms with Gasteiger partial charge in [-0.15, -0.1) is 11.3 Å². The van der Waals surface area contributed by atoms with Gasteiger partial charge >= 0.3 is 0 Å². The number of anilines is 1. The minimum absolute atomic E-state index is 0.198. The summed E-state index contributed by atoms with van der Waals surface area (Å²) < 4.78 is 26.6. The molecule has 3 rings (SSSR count). The molecule has 0 aliphatic carbocycles. The molecule has 0 saturated carbocycles. The van der Waals surface area contributed by atoms with Crippen LogP contribution in [0, 0.1) is 11.6 Å². The minimum atomic E-state index is -0.784. The van der Waals surface area contributed by atoms with Crippen LogP contribution in [-0.4, -0.2) is 28.1 Å². The second-order valence-corrected chi connectivity index (χ2v) is 7.44. The Balaban J connectivity index is 1.62. The maximum absolute atomic E-state index is 13.3. The fourth-order valence-corrected chi connectivity index (χ4v) is 3.55. The predicted molar refractivity (Wildman–Crippen MR) is 107 cm³/mol. The van der Waals surface area contributed by atoms with E-state index in [0.717, 1.165) is 28.8 Å². The van der Waals surface area contributed by atoms with Gasteiger partial charge in [-0.25, -0.2) is 8.78 Å². The zero-order valence-corrected chi connectivity index (χ0v) is 16.5. The highest BCUT2D eigenvalue weighted by Gasteiger charge is 2.21. The summed E-state index contributed by atoms with van der Waals surface area (Å²) in [6.07, 6.45) is 0.846. The number of nitrogens with zero attached hydrogens (tertiary/aromatic N) is 1. The number of H-pyrrole nitrogens is 1. The number of carbonyl (C=O) groups excluding carboxylic acids is 2. The Morgan fingerprint density at radius 3 is 2.62 bits per heavy atom. The van der Waals surface area contributed by atoms with Crippen molar-refractivity contribution in [3.63, 3.8) is 0 Å². The van der Waals surface area contributed by atoms with Gasteiger partial charge in [-0.1, -0.05) is 19.4 Å². The van der Waals surface area contributed by atoms with E-state index in [9.17, 15) is 18.4 Å². The van der Waals surface area contributed by atoms with Crippen LogP contribution in [0.25, 0.3) is 10.6 Å². The minimum Gasteiger partial charge on any atom is -0.344 e. The van der Waals surface area contributed by atoms with Crippen molar-refractivity contribution >= 4 is 29.0 Å². The summed E-state index contributed by atoms with van der Waals surface area (Å²) in [6.45, 7) is 1.89. The largest absolute Gasteiger partial charge is 0.344 e. The smallest absolute Gasteiger partial charge is 0.248 e. The van der Waals surface area contributed by atoms with Crippen molar-refractivity contribution in [1.29, 1.82) is 0 Å². The van der Waals surface area contributed by atoms with E-state index in [1.54, 1.807) is 6.07 Å². The first-order valence-corrected chi connectivity index (χ1v) is 9.97. The molecule has 6 nitrogen and oxygen atoms in total. The Morgan fingerprint density at radius 2 is 1.97 bits per heavy atom. The van der Waals surface area contributed by atoms with Crippen molar-refractivity contribution < 1.29 is 18.4 Å². The van der Waals surface area contributed by atoms with Gasteiger partial charge in [0, 0.05) is 12.1 Å². The summed E-state index contributed by atoms with van der Waals surface area (Å²) in [5.74, 6) is -2.06. The van der Waals surface area contributed by atoms with Crippen LogP contribution in [0.5, 0.6) is 0 Å². The molecule has 3 aromatic rings. The van der Waals surface area contributed by atoms with Crippen molar-refractivity contribution in [3.8, 4) is 10.6 Å². The van der Waals surface area contributed by atoms with E-state index in [-0.39, 0.29) is 12.0 Å². The molecule has 0 saturated heterocycles. The van der Waals surface area contributed by atoms with Crippen molar-refractivity contribution in [2.75, 3.05) is 5.32 Å². The van der Waals surface area contributed by atoms with Crippen molar-refractivity contribution in [3.05, 3.63) is 59.0 Å². The van der Waals surface area contributed by atoms with Gasteiger partial charge in [-0.2, -0.15) is 5.10 Å². The van der Waals surface area contributed by atoms with Gasteiger partial charge in [0.2, 0.25) is 11.8 Å². The van der Waals surface area contributed by atoms with Crippen LogP contribution in [0.3, 0.4) is 0 Å². The second-order valence-electron chi connectivity index (χ2n) is 6.50. The Kier molecular flexibility index (Phi) is 6.71. The number of carbonyl (C=O) groups is 2.